The molecule has 1 fully saturated rings. The quantitative estimate of drug-likeness (QED) is 0.889. The molecule has 0 aliphatic carbocycles. The molecule has 1 atom stereocenters. The number of thioether (sulfide) groups is 1. The molecule has 1 saturated heterocycles. The van der Waals surface area contributed by atoms with Crippen LogP contribution in [0.2, 0.25) is 0 Å². The van der Waals surface area contributed by atoms with Crippen molar-refractivity contribution in [2.45, 2.75) is 23.8 Å². The van der Waals surface area contributed by atoms with Crippen molar-refractivity contribution < 1.29 is 14.3 Å². The maximum atomic E-state index is 12.1. The van der Waals surface area contributed by atoms with E-state index >= 15 is 0 Å². The van der Waals surface area contributed by atoms with Gasteiger partial charge >= 0.3 is 0 Å². The van der Waals surface area contributed by atoms with Crippen LogP contribution in [0.3, 0.4) is 0 Å². The predicted octanol–water partition coefficient (Wildman–Crippen LogP) is 1.64. The van der Waals surface area contributed by atoms with Gasteiger partial charge < -0.3 is 15.4 Å². The summed E-state index contributed by atoms with van der Waals surface area (Å²) in [5.41, 5.74) is 1.28. The van der Waals surface area contributed by atoms with Crippen molar-refractivity contribution in [2.24, 2.45) is 0 Å². The second-order valence-corrected chi connectivity index (χ2v) is 5.91. The van der Waals surface area contributed by atoms with E-state index in [-0.39, 0.29) is 17.9 Å². The Morgan fingerprint density at radius 1 is 1.50 bits per heavy atom. The Kier molecular flexibility index (Phi) is 3.93. The van der Waals surface area contributed by atoms with Gasteiger partial charge in [0.15, 0.2) is 0 Å². The summed E-state index contributed by atoms with van der Waals surface area (Å²) in [7, 11) is 0. The molecule has 20 heavy (non-hydrogen) atoms. The zero-order valence-corrected chi connectivity index (χ0v) is 11.8. The van der Waals surface area contributed by atoms with Crippen molar-refractivity contribution in [2.75, 3.05) is 24.2 Å². The molecule has 2 heterocycles. The lowest BCUT2D eigenvalue weighted by atomic mass is 10.1. The zero-order chi connectivity index (χ0) is 13.9. The summed E-state index contributed by atoms with van der Waals surface area (Å²) in [5, 5.41) is 5.66. The maximum absolute atomic E-state index is 12.1. The van der Waals surface area contributed by atoms with Crippen LogP contribution in [0.1, 0.15) is 23.2 Å². The minimum absolute atomic E-state index is 0.0283. The lowest BCUT2D eigenvalue weighted by Gasteiger charge is -2.17. The predicted molar refractivity (Wildman–Crippen MR) is 77.1 cm³/mol. The van der Waals surface area contributed by atoms with Gasteiger partial charge in [-0.3, -0.25) is 9.59 Å². The summed E-state index contributed by atoms with van der Waals surface area (Å²) in [6, 6.07) is 5.39. The highest BCUT2D eigenvalue weighted by atomic mass is 32.2. The Labute approximate surface area is 121 Å². The third kappa shape index (κ3) is 2.96. The third-order valence-corrected chi connectivity index (χ3v) is 4.46. The van der Waals surface area contributed by atoms with Crippen LogP contribution in [0, 0.1) is 0 Å². The van der Waals surface area contributed by atoms with Gasteiger partial charge in [0.25, 0.3) is 5.91 Å². The normalized spacial score (nSPS) is 21.2. The van der Waals surface area contributed by atoms with Crippen LogP contribution in [0.25, 0.3) is 0 Å². The lowest BCUT2D eigenvalue weighted by molar-refractivity contribution is -0.113. The van der Waals surface area contributed by atoms with Crippen LogP contribution in [0.4, 0.5) is 5.69 Å². The van der Waals surface area contributed by atoms with Gasteiger partial charge in [-0.15, -0.1) is 11.8 Å². The molecule has 0 bridgehead atoms. The van der Waals surface area contributed by atoms with Gasteiger partial charge in [0, 0.05) is 23.6 Å². The van der Waals surface area contributed by atoms with Gasteiger partial charge in [-0.1, -0.05) is 0 Å². The summed E-state index contributed by atoms with van der Waals surface area (Å²) in [6.07, 6.45) is 2.19. The molecule has 0 saturated carbocycles. The number of carbonyl (C=O) groups excluding carboxylic acids is 2. The van der Waals surface area contributed by atoms with Crippen molar-refractivity contribution in [1.29, 1.82) is 0 Å². The van der Waals surface area contributed by atoms with Crippen LogP contribution in [0.5, 0.6) is 0 Å². The fourth-order valence-corrected chi connectivity index (χ4v) is 3.13. The third-order valence-electron chi connectivity index (χ3n) is 3.39. The Bertz CT molecular complexity index is 541. The van der Waals surface area contributed by atoms with Gasteiger partial charge in [0.1, 0.15) is 0 Å². The van der Waals surface area contributed by atoms with E-state index in [1.807, 2.05) is 6.07 Å². The molecule has 3 rings (SSSR count). The molecule has 2 N–H and O–H groups in total. The number of fused-ring (bicyclic) bond motifs is 1. The topological polar surface area (TPSA) is 67.4 Å². The van der Waals surface area contributed by atoms with Crippen LogP contribution in [0.15, 0.2) is 23.1 Å². The number of anilines is 1. The number of carbonyl (C=O) groups is 2. The van der Waals surface area contributed by atoms with Gasteiger partial charge in [-0.25, -0.2) is 0 Å². The van der Waals surface area contributed by atoms with Crippen LogP contribution >= 0.6 is 11.8 Å². The highest BCUT2D eigenvalue weighted by Gasteiger charge is 2.19. The average Bonchev–Trinajstić information content (AvgIpc) is 2.97. The maximum Gasteiger partial charge on any atom is 0.251 e. The molecular weight excluding hydrogens is 276 g/mol. The average molecular weight is 292 g/mol. The minimum Gasteiger partial charge on any atom is -0.376 e. The van der Waals surface area contributed by atoms with E-state index in [1.165, 1.54) is 11.8 Å². The number of rotatable bonds is 3. The molecule has 0 spiro atoms. The highest BCUT2D eigenvalue weighted by Crippen LogP contribution is 2.31. The zero-order valence-electron chi connectivity index (χ0n) is 11.0. The number of ether oxygens (including phenoxy) is 1. The first-order chi connectivity index (χ1) is 9.72. The molecule has 1 aromatic rings. The van der Waals surface area contributed by atoms with Gasteiger partial charge in [0.2, 0.25) is 5.91 Å². The molecule has 0 unspecified atom stereocenters. The molecule has 0 aromatic heterocycles. The largest absolute Gasteiger partial charge is 0.376 e. The van der Waals surface area contributed by atoms with Gasteiger partial charge in [-0.05, 0) is 31.0 Å². The standard InChI is InChI=1S/C14H16N2O3S/c17-13-8-20-12-4-3-9(6-11(12)16-13)14(18)15-7-10-2-1-5-19-10/h3-4,6,10H,1-2,5,7-8H2,(H,15,18)(H,16,17)/t10-/m1/s1. The molecule has 106 valence electrons. The van der Waals surface area contributed by atoms with Gasteiger partial charge in [0.05, 0.1) is 17.5 Å². The number of nitrogens with one attached hydrogen (secondary N) is 2. The van der Waals surface area contributed by atoms with Crippen LogP contribution in [-0.2, 0) is 9.53 Å². The summed E-state index contributed by atoms with van der Waals surface area (Å²) >= 11 is 1.49. The Balaban J connectivity index is 1.65. The highest BCUT2D eigenvalue weighted by molar-refractivity contribution is 8.00. The molecule has 2 aliphatic rings. The fraction of sp³-hybridized carbons (Fsp3) is 0.429. The summed E-state index contributed by atoms with van der Waals surface area (Å²) in [6.45, 7) is 1.32. The number of amides is 2. The van der Waals surface area contributed by atoms with Crippen molar-refractivity contribution >= 4 is 29.3 Å². The first kappa shape index (κ1) is 13.5. The molecular formula is C14H16N2O3S. The Morgan fingerprint density at radius 3 is 3.20 bits per heavy atom. The Hall–Kier alpha value is -1.53. The SMILES string of the molecule is O=C1CSc2ccc(C(=O)NC[C@H]3CCCO3)cc2N1. The van der Waals surface area contributed by atoms with Crippen LogP contribution in [-0.4, -0.2) is 36.8 Å². The van der Waals surface area contributed by atoms with Crippen molar-refractivity contribution in [3.63, 3.8) is 0 Å². The van der Waals surface area contributed by atoms with E-state index in [2.05, 4.69) is 10.6 Å². The van der Waals surface area contributed by atoms with Gasteiger partial charge in [-0.2, -0.15) is 0 Å². The first-order valence-corrected chi connectivity index (χ1v) is 7.67. The molecule has 2 amide bonds. The minimum atomic E-state index is -0.131. The fourth-order valence-electron chi connectivity index (χ4n) is 2.34. The number of hydrogen-bond donors (Lipinski definition) is 2. The van der Waals surface area contributed by atoms with Crippen LogP contribution < -0.4 is 10.6 Å². The molecule has 1 aromatic carbocycles. The summed E-state index contributed by atoms with van der Waals surface area (Å²) in [5.74, 6) is 0.268. The summed E-state index contributed by atoms with van der Waals surface area (Å²) in [4.78, 5) is 24.4. The van der Waals surface area contributed by atoms with Crippen molar-refractivity contribution in [3.05, 3.63) is 23.8 Å². The summed E-state index contributed by atoms with van der Waals surface area (Å²) < 4.78 is 5.47. The smallest absolute Gasteiger partial charge is 0.251 e. The molecule has 5 nitrogen and oxygen atoms in total. The van der Waals surface area contributed by atoms with E-state index in [1.54, 1.807) is 12.1 Å². The van der Waals surface area contributed by atoms with Crippen molar-refractivity contribution in [1.82, 2.24) is 5.32 Å². The number of hydrogen-bond acceptors (Lipinski definition) is 4. The second kappa shape index (κ2) is 5.85. The van der Waals surface area contributed by atoms with E-state index in [4.69, 9.17) is 4.74 Å². The van der Waals surface area contributed by atoms with Crippen molar-refractivity contribution in [3.8, 4) is 0 Å². The molecule has 0 radical (unpaired) electrons. The monoisotopic (exact) mass is 292 g/mol. The molecule has 6 heteroatoms. The number of benzene rings is 1. The second-order valence-electron chi connectivity index (χ2n) is 4.89. The van der Waals surface area contributed by atoms with E-state index in [9.17, 15) is 9.59 Å². The Morgan fingerprint density at radius 2 is 2.40 bits per heavy atom. The lowest BCUT2D eigenvalue weighted by Crippen LogP contribution is -2.31. The van der Waals surface area contributed by atoms with E-state index in [0.29, 0.717) is 17.9 Å². The first-order valence-electron chi connectivity index (χ1n) is 6.69. The van der Waals surface area contributed by atoms with E-state index in [0.717, 1.165) is 30.0 Å². The van der Waals surface area contributed by atoms with E-state index < -0.39 is 0 Å². The molecule has 2 aliphatic heterocycles.